The van der Waals surface area contributed by atoms with Gasteiger partial charge in [-0.3, -0.25) is 0 Å². The zero-order chi connectivity index (χ0) is 23.0. The summed E-state index contributed by atoms with van der Waals surface area (Å²) in [6, 6.07) is 15.4. The van der Waals surface area contributed by atoms with Crippen molar-refractivity contribution in [2.45, 2.75) is 31.9 Å². The first-order valence-electron chi connectivity index (χ1n) is 11.0. The highest BCUT2D eigenvalue weighted by Gasteiger charge is 2.29. The van der Waals surface area contributed by atoms with Gasteiger partial charge in [-0.15, -0.1) is 0 Å². The normalized spacial score (nSPS) is 16.5. The highest BCUT2D eigenvalue weighted by atomic mass is 35.5. The van der Waals surface area contributed by atoms with Gasteiger partial charge in [0.15, 0.2) is 6.10 Å². The molecule has 1 aromatic heterocycles. The first kappa shape index (κ1) is 23.4. The molecule has 2 aromatic carbocycles. The molecule has 1 aliphatic rings. The number of rotatable bonds is 9. The summed E-state index contributed by atoms with van der Waals surface area (Å²) in [5.41, 5.74) is 1.32. The van der Waals surface area contributed by atoms with Crippen LogP contribution in [0.15, 0.2) is 60.9 Å². The molecule has 0 aliphatic carbocycles. The van der Waals surface area contributed by atoms with Crippen molar-refractivity contribution < 1.29 is 14.3 Å². The van der Waals surface area contributed by atoms with Crippen LogP contribution >= 0.6 is 23.2 Å². The van der Waals surface area contributed by atoms with Crippen LogP contribution in [0.3, 0.4) is 0 Å². The number of halogens is 2. The van der Waals surface area contributed by atoms with Gasteiger partial charge in [0.25, 0.3) is 0 Å². The van der Waals surface area contributed by atoms with E-state index in [1.807, 2.05) is 6.07 Å². The second kappa shape index (κ2) is 11.4. The molecule has 7 nitrogen and oxygen atoms in total. The third kappa shape index (κ3) is 6.85. The highest BCUT2D eigenvalue weighted by Crippen LogP contribution is 2.27. The Hall–Kier alpha value is -2.77. The van der Waals surface area contributed by atoms with Crippen molar-refractivity contribution in [3.05, 3.63) is 76.5 Å². The summed E-state index contributed by atoms with van der Waals surface area (Å²) in [7, 11) is 0. The minimum atomic E-state index is -0.567. The van der Waals surface area contributed by atoms with Gasteiger partial charge in [0.1, 0.15) is 18.9 Å². The number of aryl methyl sites for hydroxylation is 1. The van der Waals surface area contributed by atoms with Gasteiger partial charge in [0.2, 0.25) is 0 Å². The molecule has 0 N–H and O–H groups in total. The summed E-state index contributed by atoms with van der Waals surface area (Å²) in [5.74, 6) is 1.01. The van der Waals surface area contributed by atoms with E-state index < -0.39 is 6.10 Å². The predicted molar refractivity (Wildman–Crippen MR) is 127 cm³/mol. The Morgan fingerprint density at radius 2 is 1.88 bits per heavy atom. The lowest BCUT2D eigenvalue weighted by molar-refractivity contribution is 0.0306. The van der Waals surface area contributed by atoms with Crippen molar-refractivity contribution in [3.63, 3.8) is 0 Å². The van der Waals surface area contributed by atoms with E-state index in [0.717, 1.165) is 19.3 Å². The Bertz CT molecular complexity index is 1030. The first-order valence-corrected chi connectivity index (χ1v) is 11.7. The molecule has 2 unspecified atom stereocenters. The summed E-state index contributed by atoms with van der Waals surface area (Å²) >= 11 is 12.0. The summed E-state index contributed by atoms with van der Waals surface area (Å²) in [6.45, 7) is 1.81. The number of carbonyl (C=O) groups excluding carboxylic acids is 1. The van der Waals surface area contributed by atoms with Gasteiger partial charge in [-0.1, -0.05) is 53.5 Å². The van der Waals surface area contributed by atoms with Crippen LogP contribution in [0.2, 0.25) is 10.0 Å². The van der Waals surface area contributed by atoms with Crippen molar-refractivity contribution in [3.8, 4) is 5.75 Å². The lowest BCUT2D eigenvalue weighted by atomic mass is 9.99. The molecular formula is C24H26Cl2N4O3. The van der Waals surface area contributed by atoms with Gasteiger partial charge in [-0.2, -0.15) is 15.0 Å². The SMILES string of the molecule is O=C(OC(COc1ccc(Cl)c(Cl)c1)Cn1nccn1)N1CCC(CCc2ccccc2)C1. The van der Waals surface area contributed by atoms with Crippen LogP contribution in [-0.4, -0.2) is 51.8 Å². The Kier molecular flexibility index (Phi) is 8.07. The van der Waals surface area contributed by atoms with Crippen LogP contribution < -0.4 is 4.74 Å². The van der Waals surface area contributed by atoms with Gasteiger partial charge >= 0.3 is 6.09 Å². The molecule has 4 rings (SSSR count). The van der Waals surface area contributed by atoms with E-state index in [1.54, 1.807) is 35.5 Å². The average molecular weight is 489 g/mol. The number of aromatic nitrogens is 3. The molecule has 0 bridgehead atoms. The second-order valence-electron chi connectivity index (χ2n) is 8.10. The van der Waals surface area contributed by atoms with E-state index in [-0.39, 0.29) is 19.2 Å². The van der Waals surface area contributed by atoms with Crippen molar-refractivity contribution in [1.82, 2.24) is 19.9 Å². The average Bonchev–Trinajstić information content (AvgIpc) is 3.51. The molecule has 33 heavy (non-hydrogen) atoms. The first-order chi connectivity index (χ1) is 16.1. The minimum absolute atomic E-state index is 0.135. The summed E-state index contributed by atoms with van der Waals surface area (Å²) in [4.78, 5) is 16.1. The number of amides is 1. The molecule has 0 spiro atoms. The summed E-state index contributed by atoms with van der Waals surface area (Å²) < 4.78 is 11.6. The number of nitrogens with zero attached hydrogens (tertiary/aromatic N) is 4. The van der Waals surface area contributed by atoms with Crippen molar-refractivity contribution in [2.75, 3.05) is 19.7 Å². The number of ether oxygens (including phenoxy) is 2. The van der Waals surface area contributed by atoms with Crippen molar-refractivity contribution in [2.24, 2.45) is 5.92 Å². The van der Waals surface area contributed by atoms with Crippen LogP contribution in [0.4, 0.5) is 4.79 Å². The standard InChI is InChI=1S/C24H26Cl2N4O3/c25-22-9-8-20(14-23(22)26)32-17-21(16-30-27-11-12-28-30)33-24(31)29-13-10-19(15-29)7-6-18-4-2-1-3-5-18/h1-5,8-9,11-12,14,19,21H,6-7,10,13,15-17H2. The molecule has 2 heterocycles. The van der Waals surface area contributed by atoms with Gasteiger partial charge in [0, 0.05) is 19.2 Å². The zero-order valence-corrected chi connectivity index (χ0v) is 19.7. The quantitative estimate of drug-likeness (QED) is 0.417. The summed E-state index contributed by atoms with van der Waals surface area (Å²) in [5, 5.41) is 9.07. The predicted octanol–water partition coefficient (Wildman–Crippen LogP) is 5.12. The largest absolute Gasteiger partial charge is 0.490 e. The van der Waals surface area contributed by atoms with Crippen LogP contribution in [0.5, 0.6) is 5.75 Å². The molecule has 1 saturated heterocycles. The molecule has 2 atom stereocenters. The molecule has 3 aromatic rings. The fourth-order valence-electron chi connectivity index (χ4n) is 3.87. The minimum Gasteiger partial charge on any atom is -0.490 e. The monoisotopic (exact) mass is 488 g/mol. The lowest BCUT2D eigenvalue weighted by Gasteiger charge is -2.22. The van der Waals surface area contributed by atoms with Gasteiger partial charge in [-0.05, 0) is 42.9 Å². The van der Waals surface area contributed by atoms with E-state index in [0.29, 0.717) is 34.8 Å². The smallest absolute Gasteiger partial charge is 0.410 e. The van der Waals surface area contributed by atoms with Crippen LogP contribution in [0.25, 0.3) is 0 Å². The van der Waals surface area contributed by atoms with Gasteiger partial charge in [0.05, 0.1) is 22.4 Å². The van der Waals surface area contributed by atoms with Crippen LogP contribution in [0.1, 0.15) is 18.4 Å². The maximum atomic E-state index is 12.9. The molecule has 0 radical (unpaired) electrons. The van der Waals surface area contributed by atoms with Crippen LogP contribution in [-0.2, 0) is 17.7 Å². The number of carbonyl (C=O) groups is 1. The van der Waals surface area contributed by atoms with Gasteiger partial charge < -0.3 is 14.4 Å². The summed E-state index contributed by atoms with van der Waals surface area (Å²) in [6.07, 6.45) is 5.30. The third-order valence-electron chi connectivity index (χ3n) is 5.66. The Labute approximate surface area is 203 Å². The molecule has 1 amide bonds. The van der Waals surface area contributed by atoms with E-state index in [1.165, 1.54) is 10.4 Å². The van der Waals surface area contributed by atoms with E-state index in [4.69, 9.17) is 32.7 Å². The molecule has 1 fully saturated rings. The van der Waals surface area contributed by atoms with E-state index in [9.17, 15) is 4.79 Å². The number of likely N-dealkylation sites (tertiary alicyclic amines) is 1. The number of benzene rings is 2. The molecule has 1 aliphatic heterocycles. The number of hydrogen-bond donors (Lipinski definition) is 0. The third-order valence-corrected chi connectivity index (χ3v) is 6.40. The Balaban J connectivity index is 1.31. The van der Waals surface area contributed by atoms with Crippen LogP contribution in [0, 0.1) is 5.92 Å². The Morgan fingerprint density at radius 1 is 1.09 bits per heavy atom. The lowest BCUT2D eigenvalue weighted by Crippen LogP contribution is -2.37. The maximum absolute atomic E-state index is 12.9. The zero-order valence-electron chi connectivity index (χ0n) is 18.1. The topological polar surface area (TPSA) is 69.5 Å². The molecule has 0 saturated carbocycles. The second-order valence-corrected chi connectivity index (χ2v) is 8.92. The van der Waals surface area contributed by atoms with Gasteiger partial charge in [-0.25, -0.2) is 4.79 Å². The molecular weight excluding hydrogens is 463 g/mol. The fraction of sp³-hybridized carbons (Fsp3) is 0.375. The van der Waals surface area contributed by atoms with E-state index >= 15 is 0 Å². The molecule has 9 heteroatoms. The van der Waals surface area contributed by atoms with Crippen molar-refractivity contribution >= 4 is 29.3 Å². The van der Waals surface area contributed by atoms with Crippen molar-refractivity contribution in [1.29, 1.82) is 0 Å². The number of hydrogen-bond acceptors (Lipinski definition) is 5. The fourth-order valence-corrected chi connectivity index (χ4v) is 4.15. The molecule has 174 valence electrons. The van der Waals surface area contributed by atoms with E-state index in [2.05, 4.69) is 34.5 Å². The highest BCUT2D eigenvalue weighted by molar-refractivity contribution is 6.42. The Morgan fingerprint density at radius 3 is 2.64 bits per heavy atom. The maximum Gasteiger partial charge on any atom is 0.410 e.